The van der Waals surface area contributed by atoms with E-state index in [9.17, 15) is 16.8 Å². The fourth-order valence-electron chi connectivity index (χ4n) is 1.95. The number of thiazole rings is 1. The van der Waals surface area contributed by atoms with Crippen LogP contribution in [-0.2, 0) is 19.7 Å². The van der Waals surface area contributed by atoms with Crippen LogP contribution in [0.15, 0.2) is 38.5 Å². The zero-order chi connectivity index (χ0) is 18.0. The molecule has 0 amide bonds. The van der Waals surface area contributed by atoms with Gasteiger partial charge in [-0.25, -0.2) is 21.8 Å². The highest BCUT2D eigenvalue weighted by atomic mass is 32.2. The normalized spacial score (nSPS) is 12.3. The maximum absolute atomic E-state index is 12.8. The Morgan fingerprint density at radius 2 is 1.75 bits per heavy atom. The zero-order valence-electron chi connectivity index (χ0n) is 13.7. The SMILES string of the molecule is CCCCNc1sc(S(C)(=O)=O)nc1S(=O)(=O)c1ccc(C)cc1. The molecule has 0 spiro atoms. The van der Waals surface area contributed by atoms with Crippen LogP contribution in [0.4, 0.5) is 5.00 Å². The Morgan fingerprint density at radius 3 is 2.29 bits per heavy atom. The number of nitrogens with zero attached hydrogens (tertiary/aromatic N) is 1. The van der Waals surface area contributed by atoms with E-state index in [0.717, 1.165) is 36.0 Å². The minimum Gasteiger partial charge on any atom is -0.374 e. The average molecular weight is 389 g/mol. The number of anilines is 1. The van der Waals surface area contributed by atoms with Gasteiger partial charge in [0.05, 0.1) is 4.90 Å². The van der Waals surface area contributed by atoms with E-state index in [4.69, 9.17) is 0 Å². The van der Waals surface area contributed by atoms with E-state index in [2.05, 4.69) is 10.3 Å². The molecule has 0 saturated heterocycles. The molecular weight excluding hydrogens is 368 g/mol. The Bertz CT molecular complexity index is 914. The molecule has 1 aromatic heterocycles. The lowest BCUT2D eigenvalue weighted by molar-refractivity contribution is 0.591. The third-order valence-corrected chi connectivity index (χ3v) is 7.81. The van der Waals surface area contributed by atoms with E-state index in [1.54, 1.807) is 12.1 Å². The van der Waals surface area contributed by atoms with Crippen LogP contribution >= 0.6 is 11.3 Å². The molecule has 132 valence electrons. The van der Waals surface area contributed by atoms with Crippen molar-refractivity contribution in [2.75, 3.05) is 18.1 Å². The van der Waals surface area contributed by atoms with E-state index in [0.29, 0.717) is 6.54 Å². The number of hydrogen-bond acceptors (Lipinski definition) is 7. The molecule has 0 radical (unpaired) electrons. The van der Waals surface area contributed by atoms with Crippen LogP contribution in [0.25, 0.3) is 0 Å². The van der Waals surface area contributed by atoms with Gasteiger partial charge in [0, 0.05) is 12.8 Å². The standard InChI is InChI=1S/C15H20N2O4S3/c1-4-5-10-16-13-14(17-15(22-13)23(3,18)19)24(20,21)12-8-6-11(2)7-9-12/h6-9,16H,4-5,10H2,1-3H3. The lowest BCUT2D eigenvalue weighted by atomic mass is 10.2. The minimum absolute atomic E-state index is 0.0944. The number of sulfone groups is 2. The van der Waals surface area contributed by atoms with Crippen molar-refractivity contribution in [3.63, 3.8) is 0 Å². The van der Waals surface area contributed by atoms with Gasteiger partial charge < -0.3 is 5.32 Å². The second-order valence-corrected chi connectivity index (χ2v) is 10.5. The van der Waals surface area contributed by atoms with Crippen molar-refractivity contribution < 1.29 is 16.8 Å². The summed E-state index contributed by atoms with van der Waals surface area (Å²) in [6.45, 7) is 4.43. The van der Waals surface area contributed by atoms with Gasteiger partial charge in [-0.3, -0.25) is 0 Å². The molecule has 0 fully saturated rings. The molecule has 6 nitrogen and oxygen atoms in total. The molecule has 2 rings (SSSR count). The van der Waals surface area contributed by atoms with Crippen LogP contribution < -0.4 is 5.32 Å². The van der Waals surface area contributed by atoms with Crippen molar-refractivity contribution in [3.8, 4) is 0 Å². The van der Waals surface area contributed by atoms with Crippen LogP contribution in [0.5, 0.6) is 0 Å². The molecule has 0 saturated carbocycles. The van der Waals surface area contributed by atoms with Crippen molar-refractivity contribution in [1.82, 2.24) is 4.98 Å². The van der Waals surface area contributed by atoms with Crippen molar-refractivity contribution in [3.05, 3.63) is 29.8 Å². The van der Waals surface area contributed by atoms with E-state index < -0.39 is 19.7 Å². The third kappa shape index (κ3) is 4.14. The van der Waals surface area contributed by atoms with Crippen molar-refractivity contribution in [2.24, 2.45) is 0 Å². The van der Waals surface area contributed by atoms with E-state index >= 15 is 0 Å². The van der Waals surface area contributed by atoms with Crippen LogP contribution in [0.1, 0.15) is 25.3 Å². The monoisotopic (exact) mass is 388 g/mol. The Balaban J connectivity index is 2.53. The summed E-state index contributed by atoms with van der Waals surface area (Å²) in [5.74, 6) is 0. The zero-order valence-corrected chi connectivity index (χ0v) is 16.2. The second kappa shape index (κ2) is 7.20. The summed E-state index contributed by atoms with van der Waals surface area (Å²) < 4.78 is 49.0. The fourth-order valence-corrected chi connectivity index (χ4v) is 5.49. The number of unbranched alkanes of at least 4 members (excludes halogenated alkanes) is 1. The summed E-state index contributed by atoms with van der Waals surface area (Å²) in [4.78, 5) is 4.01. The first-order chi connectivity index (χ1) is 11.2. The fraction of sp³-hybridized carbons (Fsp3) is 0.400. The number of aryl methyl sites for hydroxylation is 1. The summed E-state index contributed by atoms with van der Waals surface area (Å²) in [5, 5.41) is 3.05. The molecule has 9 heteroatoms. The van der Waals surface area contributed by atoms with Gasteiger partial charge in [0.15, 0.2) is 5.03 Å². The van der Waals surface area contributed by atoms with E-state index in [-0.39, 0.29) is 19.3 Å². The lowest BCUT2D eigenvalue weighted by Crippen LogP contribution is -2.08. The molecule has 24 heavy (non-hydrogen) atoms. The smallest absolute Gasteiger partial charge is 0.226 e. The predicted molar refractivity (Wildman–Crippen MR) is 95.3 cm³/mol. The molecule has 0 unspecified atom stereocenters. The van der Waals surface area contributed by atoms with Crippen LogP contribution in [0.2, 0.25) is 0 Å². The van der Waals surface area contributed by atoms with Gasteiger partial charge in [-0.15, -0.1) is 0 Å². The highest BCUT2D eigenvalue weighted by molar-refractivity contribution is 7.93. The molecule has 0 aliphatic carbocycles. The molecule has 0 aliphatic heterocycles. The number of rotatable bonds is 7. The molecule has 1 heterocycles. The molecule has 1 aromatic carbocycles. The Kier molecular flexibility index (Phi) is 5.67. The highest BCUT2D eigenvalue weighted by Gasteiger charge is 2.28. The quantitative estimate of drug-likeness (QED) is 0.733. The maximum atomic E-state index is 12.8. The minimum atomic E-state index is -3.89. The molecular formula is C15H20N2O4S3. The van der Waals surface area contributed by atoms with Gasteiger partial charge in [-0.05, 0) is 25.5 Å². The number of aromatic nitrogens is 1. The summed E-state index contributed by atoms with van der Waals surface area (Å²) in [7, 11) is -7.47. The third-order valence-electron chi connectivity index (χ3n) is 3.30. The first kappa shape index (κ1) is 18.9. The Labute approximate surface area is 146 Å². The number of hydrogen-bond donors (Lipinski definition) is 1. The van der Waals surface area contributed by atoms with Gasteiger partial charge >= 0.3 is 0 Å². The molecule has 2 aromatic rings. The van der Waals surface area contributed by atoms with E-state index in [1.165, 1.54) is 12.1 Å². The number of benzene rings is 1. The lowest BCUT2D eigenvalue weighted by Gasteiger charge is -2.07. The van der Waals surface area contributed by atoms with Crippen molar-refractivity contribution in [1.29, 1.82) is 0 Å². The number of nitrogens with one attached hydrogen (secondary N) is 1. The molecule has 0 aliphatic rings. The maximum Gasteiger partial charge on any atom is 0.226 e. The van der Waals surface area contributed by atoms with Crippen molar-refractivity contribution >= 4 is 36.0 Å². The Morgan fingerprint density at radius 1 is 1.12 bits per heavy atom. The summed E-state index contributed by atoms with van der Waals surface area (Å²) in [6, 6.07) is 6.39. The van der Waals surface area contributed by atoms with Crippen molar-refractivity contribution in [2.45, 2.75) is 41.0 Å². The topological polar surface area (TPSA) is 93.2 Å². The first-order valence-electron chi connectivity index (χ1n) is 7.42. The van der Waals surface area contributed by atoms with Gasteiger partial charge in [0.2, 0.25) is 24.0 Å². The summed E-state index contributed by atoms with van der Waals surface area (Å²) in [6.07, 6.45) is 2.80. The largest absolute Gasteiger partial charge is 0.374 e. The predicted octanol–water partition coefficient (Wildman–Crippen LogP) is 2.90. The van der Waals surface area contributed by atoms with Gasteiger partial charge in [-0.1, -0.05) is 42.4 Å². The van der Waals surface area contributed by atoms with E-state index in [1.807, 2.05) is 13.8 Å². The van der Waals surface area contributed by atoms with Crippen LogP contribution in [0, 0.1) is 6.92 Å². The first-order valence-corrected chi connectivity index (χ1v) is 11.6. The van der Waals surface area contributed by atoms with Gasteiger partial charge in [0.25, 0.3) is 0 Å². The van der Waals surface area contributed by atoms with Crippen LogP contribution in [-0.4, -0.2) is 34.6 Å². The van der Waals surface area contributed by atoms with Crippen LogP contribution in [0.3, 0.4) is 0 Å². The summed E-state index contributed by atoms with van der Waals surface area (Å²) in [5.41, 5.74) is 0.936. The summed E-state index contributed by atoms with van der Waals surface area (Å²) >= 11 is 0.852. The van der Waals surface area contributed by atoms with Gasteiger partial charge in [-0.2, -0.15) is 0 Å². The molecule has 0 atom stereocenters. The highest BCUT2D eigenvalue weighted by Crippen LogP contribution is 2.34. The second-order valence-electron chi connectivity index (χ2n) is 5.48. The average Bonchev–Trinajstić information content (AvgIpc) is 2.93. The molecule has 0 bridgehead atoms. The Hall–Kier alpha value is -1.45. The molecule has 1 N–H and O–H groups in total. The van der Waals surface area contributed by atoms with Gasteiger partial charge in [0.1, 0.15) is 5.00 Å².